The van der Waals surface area contributed by atoms with E-state index in [1.807, 2.05) is 0 Å². The number of carbonyl (C=O) groups excluding carboxylic acids is 2. The monoisotopic (exact) mass is 260 g/mol. The average molecular weight is 260 g/mol. The molecule has 1 aliphatic carbocycles. The van der Waals surface area contributed by atoms with Crippen LogP contribution in [-0.2, 0) is 9.59 Å². The summed E-state index contributed by atoms with van der Waals surface area (Å²) in [5.41, 5.74) is 0. The summed E-state index contributed by atoms with van der Waals surface area (Å²) in [6.45, 7) is 1.17. The fraction of sp³-hybridized carbons (Fsp3) is 0.833. The normalized spacial score (nSPS) is 25.4. The van der Waals surface area contributed by atoms with Gasteiger partial charge < -0.3 is 10.2 Å². The van der Waals surface area contributed by atoms with Gasteiger partial charge in [0.1, 0.15) is 0 Å². The van der Waals surface area contributed by atoms with Crippen LogP contribution in [0.1, 0.15) is 32.1 Å². The van der Waals surface area contributed by atoms with Crippen LogP contribution >= 0.6 is 0 Å². The second kappa shape index (κ2) is 5.20. The SMILES string of the molecule is O=C1CN(C(=O)C2CCC(F)(F)CC2)CCCN1. The van der Waals surface area contributed by atoms with Gasteiger partial charge in [-0.15, -0.1) is 0 Å². The van der Waals surface area contributed by atoms with E-state index in [4.69, 9.17) is 0 Å². The van der Waals surface area contributed by atoms with E-state index in [9.17, 15) is 18.4 Å². The summed E-state index contributed by atoms with van der Waals surface area (Å²) >= 11 is 0. The third-order valence-corrected chi connectivity index (χ3v) is 3.64. The highest BCUT2D eigenvalue weighted by Crippen LogP contribution is 2.36. The molecule has 1 heterocycles. The highest BCUT2D eigenvalue weighted by atomic mass is 19.3. The minimum Gasteiger partial charge on any atom is -0.354 e. The minimum absolute atomic E-state index is 0.0612. The van der Waals surface area contributed by atoms with Crippen molar-refractivity contribution in [3.63, 3.8) is 0 Å². The molecule has 2 aliphatic rings. The van der Waals surface area contributed by atoms with E-state index in [1.54, 1.807) is 0 Å². The number of halogens is 2. The second-order valence-electron chi connectivity index (χ2n) is 5.09. The molecule has 2 rings (SSSR count). The lowest BCUT2D eigenvalue weighted by molar-refractivity contribution is -0.142. The Morgan fingerprint density at radius 2 is 2.00 bits per heavy atom. The number of amides is 2. The predicted octanol–water partition coefficient (Wildman–Crippen LogP) is 1.16. The van der Waals surface area contributed by atoms with E-state index < -0.39 is 5.92 Å². The van der Waals surface area contributed by atoms with E-state index in [1.165, 1.54) is 4.90 Å². The van der Waals surface area contributed by atoms with Crippen molar-refractivity contribution >= 4 is 11.8 Å². The average Bonchev–Trinajstić information content (AvgIpc) is 2.53. The van der Waals surface area contributed by atoms with Crippen molar-refractivity contribution in [2.75, 3.05) is 19.6 Å². The molecule has 4 nitrogen and oxygen atoms in total. The molecule has 102 valence electrons. The third kappa shape index (κ3) is 3.17. The predicted molar refractivity (Wildman–Crippen MR) is 61.1 cm³/mol. The van der Waals surface area contributed by atoms with Crippen LogP contribution in [0.5, 0.6) is 0 Å². The van der Waals surface area contributed by atoms with Crippen LogP contribution in [0.3, 0.4) is 0 Å². The molecule has 0 aromatic heterocycles. The van der Waals surface area contributed by atoms with Gasteiger partial charge in [0.2, 0.25) is 17.7 Å². The van der Waals surface area contributed by atoms with E-state index in [0.29, 0.717) is 13.1 Å². The van der Waals surface area contributed by atoms with Gasteiger partial charge in [0.25, 0.3) is 0 Å². The third-order valence-electron chi connectivity index (χ3n) is 3.64. The van der Waals surface area contributed by atoms with Crippen LogP contribution in [0.4, 0.5) is 8.78 Å². The first-order valence-corrected chi connectivity index (χ1v) is 6.41. The van der Waals surface area contributed by atoms with Crippen molar-refractivity contribution in [2.24, 2.45) is 5.92 Å². The van der Waals surface area contributed by atoms with Crippen molar-refractivity contribution in [1.29, 1.82) is 0 Å². The summed E-state index contributed by atoms with van der Waals surface area (Å²) < 4.78 is 26.0. The first-order chi connectivity index (χ1) is 8.48. The summed E-state index contributed by atoms with van der Waals surface area (Å²) in [5, 5.41) is 2.69. The summed E-state index contributed by atoms with van der Waals surface area (Å²) in [7, 11) is 0. The van der Waals surface area contributed by atoms with Gasteiger partial charge in [-0.25, -0.2) is 8.78 Å². The highest BCUT2D eigenvalue weighted by Gasteiger charge is 2.38. The van der Waals surface area contributed by atoms with Crippen molar-refractivity contribution in [1.82, 2.24) is 10.2 Å². The molecule has 2 amide bonds. The molecule has 2 fully saturated rings. The van der Waals surface area contributed by atoms with Crippen molar-refractivity contribution in [2.45, 2.75) is 38.0 Å². The van der Waals surface area contributed by atoms with E-state index in [2.05, 4.69) is 5.32 Å². The Morgan fingerprint density at radius 3 is 2.67 bits per heavy atom. The number of rotatable bonds is 1. The Bertz CT molecular complexity index is 337. The van der Waals surface area contributed by atoms with Crippen molar-refractivity contribution < 1.29 is 18.4 Å². The molecule has 1 N–H and O–H groups in total. The van der Waals surface area contributed by atoms with Crippen LogP contribution in [0.15, 0.2) is 0 Å². The largest absolute Gasteiger partial charge is 0.354 e. The maximum atomic E-state index is 13.0. The molecule has 0 aromatic carbocycles. The number of nitrogens with one attached hydrogen (secondary N) is 1. The second-order valence-corrected chi connectivity index (χ2v) is 5.09. The van der Waals surface area contributed by atoms with Crippen LogP contribution in [0.25, 0.3) is 0 Å². The van der Waals surface area contributed by atoms with Crippen molar-refractivity contribution in [3.05, 3.63) is 0 Å². The lowest BCUT2D eigenvalue weighted by Gasteiger charge is -2.31. The van der Waals surface area contributed by atoms with Gasteiger partial charge in [-0.3, -0.25) is 9.59 Å². The van der Waals surface area contributed by atoms with Gasteiger partial charge >= 0.3 is 0 Å². The van der Waals surface area contributed by atoms with Gasteiger partial charge in [-0.1, -0.05) is 0 Å². The van der Waals surface area contributed by atoms with Crippen LogP contribution in [0.2, 0.25) is 0 Å². The summed E-state index contributed by atoms with van der Waals surface area (Å²) in [5.74, 6) is -3.26. The molecule has 0 atom stereocenters. The molecule has 0 spiro atoms. The van der Waals surface area contributed by atoms with Gasteiger partial charge in [-0.2, -0.15) is 0 Å². The Hall–Kier alpha value is -1.20. The molecule has 1 saturated carbocycles. The fourth-order valence-corrected chi connectivity index (χ4v) is 2.54. The lowest BCUT2D eigenvalue weighted by atomic mass is 9.86. The quantitative estimate of drug-likeness (QED) is 0.769. The zero-order chi connectivity index (χ0) is 13.2. The topological polar surface area (TPSA) is 49.4 Å². The molecule has 1 saturated heterocycles. The van der Waals surface area contributed by atoms with Crippen molar-refractivity contribution in [3.8, 4) is 0 Å². The fourth-order valence-electron chi connectivity index (χ4n) is 2.54. The van der Waals surface area contributed by atoms with E-state index >= 15 is 0 Å². The molecule has 0 bridgehead atoms. The smallest absolute Gasteiger partial charge is 0.248 e. The number of hydrogen-bond donors (Lipinski definition) is 1. The zero-order valence-corrected chi connectivity index (χ0v) is 10.3. The maximum absolute atomic E-state index is 13.0. The van der Waals surface area contributed by atoms with Gasteiger partial charge in [0, 0.05) is 31.8 Å². The molecule has 0 unspecified atom stereocenters. The number of nitrogens with zero attached hydrogens (tertiary/aromatic N) is 1. The minimum atomic E-state index is -2.62. The van der Waals surface area contributed by atoms with E-state index in [0.717, 1.165) is 6.42 Å². The molecule has 18 heavy (non-hydrogen) atoms. The lowest BCUT2D eigenvalue weighted by Crippen LogP contribution is -2.42. The molecular weight excluding hydrogens is 242 g/mol. The summed E-state index contributed by atoms with van der Waals surface area (Å²) in [6, 6.07) is 0. The first kappa shape index (κ1) is 13.2. The Balaban J connectivity index is 1.92. The summed E-state index contributed by atoms with van der Waals surface area (Å²) in [4.78, 5) is 25.0. The van der Waals surface area contributed by atoms with Crippen LogP contribution in [-0.4, -0.2) is 42.3 Å². The van der Waals surface area contributed by atoms with Gasteiger partial charge in [0.15, 0.2) is 0 Å². The number of hydrogen-bond acceptors (Lipinski definition) is 2. The molecule has 1 aliphatic heterocycles. The standard InChI is InChI=1S/C12H18F2N2O2/c13-12(14)4-2-9(3-5-12)11(18)16-7-1-6-15-10(17)8-16/h9H,1-8H2,(H,15,17). The summed E-state index contributed by atoms with van der Waals surface area (Å²) in [6.07, 6.45) is 0.737. The highest BCUT2D eigenvalue weighted by molar-refractivity contribution is 5.86. The van der Waals surface area contributed by atoms with Crippen LogP contribution in [0, 0.1) is 5.92 Å². The molecular formula is C12H18F2N2O2. The van der Waals surface area contributed by atoms with Crippen LogP contribution < -0.4 is 5.32 Å². The Labute approximate surface area is 105 Å². The first-order valence-electron chi connectivity index (χ1n) is 6.41. The van der Waals surface area contributed by atoms with Gasteiger partial charge in [0.05, 0.1) is 6.54 Å². The van der Waals surface area contributed by atoms with E-state index in [-0.39, 0.29) is 50.0 Å². The molecule has 0 aromatic rings. The Kier molecular flexibility index (Phi) is 3.82. The number of carbonyl (C=O) groups is 2. The maximum Gasteiger partial charge on any atom is 0.248 e. The van der Waals surface area contributed by atoms with Gasteiger partial charge in [-0.05, 0) is 19.3 Å². The molecule has 6 heteroatoms. The zero-order valence-electron chi connectivity index (χ0n) is 10.3. The number of alkyl halides is 2. The molecule has 0 radical (unpaired) electrons. The Morgan fingerprint density at radius 1 is 1.33 bits per heavy atom.